The van der Waals surface area contributed by atoms with Crippen LogP contribution in [-0.4, -0.2) is 54.4 Å². The van der Waals surface area contributed by atoms with Gasteiger partial charge in [-0.1, -0.05) is 17.7 Å². The standard InChI is InChI=1S/C26H36N2O3/c1-19-4-6-23(7-5-19)31-12-2-3-24(29)27-8-10-28(11-9-27)25(30)26-16-20-13-21(17-26)15-22(14-20)18-26/h4-7,20-22H,2-3,8-18H2,1H3. The van der Waals surface area contributed by atoms with E-state index in [2.05, 4.69) is 11.8 Å². The highest BCUT2D eigenvalue weighted by atomic mass is 16.5. The second-order valence-electron chi connectivity index (χ2n) is 10.6. The van der Waals surface area contributed by atoms with Crippen LogP contribution in [0.5, 0.6) is 5.75 Å². The van der Waals surface area contributed by atoms with Gasteiger partial charge < -0.3 is 14.5 Å². The van der Waals surface area contributed by atoms with E-state index >= 15 is 0 Å². The zero-order chi connectivity index (χ0) is 21.4. The summed E-state index contributed by atoms with van der Waals surface area (Å²) < 4.78 is 5.74. The molecule has 6 rings (SSSR count). The van der Waals surface area contributed by atoms with Crippen molar-refractivity contribution >= 4 is 11.8 Å². The van der Waals surface area contributed by atoms with Crippen molar-refractivity contribution < 1.29 is 14.3 Å². The maximum atomic E-state index is 13.5. The molecule has 0 radical (unpaired) electrons. The highest BCUT2D eigenvalue weighted by molar-refractivity contribution is 5.84. The lowest BCUT2D eigenvalue weighted by atomic mass is 9.49. The van der Waals surface area contributed by atoms with Crippen LogP contribution >= 0.6 is 0 Å². The van der Waals surface area contributed by atoms with Crippen LogP contribution < -0.4 is 4.74 Å². The quantitative estimate of drug-likeness (QED) is 0.648. The zero-order valence-electron chi connectivity index (χ0n) is 18.9. The van der Waals surface area contributed by atoms with Crippen molar-refractivity contribution in [2.45, 2.75) is 58.3 Å². The van der Waals surface area contributed by atoms with E-state index in [-0.39, 0.29) is 11.3 Å². The van der Waals surface area contributed by atoms with E-state index in [9.17, 15) is 9.59 Å². The highest BCUT2D eigenvalue weighted by Crippen LogP contribution is 2.60. The molecular formula is C26H36N2O3. The van der Waals surface area contributed by atoms with E-state index in [0.29, 0.717) is 45.1 Å². The molecule has 5 nitrogen and oxygen atoms in total. The fraction of sp³-hybridized carbons (Fsp3) is 0.692. The Morgan fingerprint density at radius 2 is 1.45 bits per heavy atom. The molecule has 0 aromatic heterocycles. The predicted molar refractivity (Wildman–Crippen MR) is 120 cm³/mol. The Morgan fingerprint density at radius 1 is 0.903 bits per heavy atom. The van der Waals surface area contributed by atoms with Gasteiger partial charge in [-0.25, -0.2) is 0 Å². The first-order valence-electron chi connectivity index (χ1n) is 12.3. The maximum Gasteiger partial charge on any atom is 0.228 e. The minimum atomic E-state index is -0.0613. The molecule has 0 spiro atoms. The van der Waals surface area contributed by atoms with Crippen molar-refractivity contribution in [2.24, 2.45) is 23.2 Å². The number of benzene rings is 1. The van der Waals surface area contributed by atoms with Crippen LogP contribution in [0.3, 0.4) is 0 Å². The van der Waals surface area contributed by atoms with Crippen LogP contribution in [0.2, 0.25) is 0 Å². The summed E-state index contributed by atoms with van der Waals surface area (Å²) in [7, 11) is 0. The van der Waals surface area contributed by atoms with Gasteiger partial charge in [0.05, 0.1) is 12.0 Å². The number of hydrogen-bond donors (Lipinski definition) is 0. The SMILES string of the molecule is Cc1ccc(OCCCC(=O)N2CCN(C(=O)C34CC5CC(CC(C5)C3)C4)CC2)cc1. The molecule has 1 aliphatic heterocycles. The number of ether oxygens (including phenoxy) is 1. The third-order valence-electron chi connectivity index (χ3n) is 8.24. The number of carbonyl (C=O) groups excluding carboxylic acids is 2. The van der Waals surface area contributed by atoms with Crippen LogP contribution in [0.1, 0.15) is 56.9 Å². The smallest absolute Gasteiger partial charge is 0.228 e. The average molecular weight is 425 g/mol. The molecule has 31 heavy (non-hydrogen) atoms. The fourth-order valence-electron chi connectivity index (χ4n) is 7.07. The molecule has 1 saturated heterocycles. The van der Waals surface area contributed by atoms with Crippen molar-refractivity contribution in [1.29, 1.82) is 0 Å². The Hall–Kier alpha value is -2.04. The van der Waals surface area contributed by atoms with Crippen LogP contribution in [0.25, 0.3) is 0 Å². The first-order chi connectivity index (χ1) is 15.0. The van der Waals surface area contributed by atoms with Crippen LogP contribution in [0.4, 0.5) is 0 Å². The number of hydrogen-bond acceptors (Lipinski definition) is 3. The summed E-state index contributed by atoms with van der Waals surface area (Å²) in [6.07, 6.45) is 8.69. The second-order valence-corrected chi connectivity index (χ2v) is 10.6. The molecule has 4 saturated carbocycles. The first kappa shape index (κ1) is 20.8. The van der Waals surface area contributed by atoms with Gasteiger partial charge in [0.15, 0.2) is 0 Å². The average Bonchev–Trinajstić information content (AvgIpc) is 2.76. The van der Waals surface area contributed by atoms with Gasteiger partial charge in [0.1, 0.15) is 5.75 Å². The lowest BCUT2D eigenvalue weighted by Gasteiger charge is -2.57. The molecule has 1 heterocycles. The van der Waals surface area contributed by atoms with Crippen molar-refractivity contribution in [3.8, 4) is 5.75 Å². The van der Waals surface area contributed by atoms with E-state index < -0.39 is 0 Å². The normalized spacial score (nSPS) is 31.7. The van der Waals surface area contributed by atoms with E-state index in [1.54, 1.807) is 0 Å². The van der Waals surface area contributed by atoms with Gasteiger partial charge in [-0.15, -0.1) is 0 Å². The molecule has 168 valence electrons. The molecule has 1 aromatic carbocycles. The van der Waals surface area contributed by atoms with Gasteiger partial charge >= 0.3 is 0 Å². The Balaban J connectivity index is 1.06. The Labute approximate surface area is 186 Å². The Morgan fingerprint density at radius 3 is 2.03 bits per heavy atom. The molecule has 4 bridgehead atoms. The summed E-state index contributed by atoms with van der Waals surface area (Å²) in [5.74, 6) is 3.83. The number of aryl methyl sites for hydroxylation is 1. The monoisotopic (exact) mass is 424 g/mol. The molecule has 5 aliphatic rings. The Bertz CT molecular complexity index is 775. The predicted octanol–water partition coefficient (Wildman–Crippen LogP) is 4.04. The maximum absolute atomic E-state index is 13.5. The summed E-state index contributed by atoms with van der Waals surface area (Å²) in [6.45, 7) is 5.36. The fourth-order valence-corrected chi connectivity index (χ4v) is 7.07. The van der Waals surface area contributed by atoms with E-state index in [0.717, 1.165) is 49.2 Å². The largest absolute Gasteiger partial charge is 0.494 e. The lowest BCUT2D eigenvalue weighted by molar-refractivity contribution is -0.160. The molecule has 5 fully saturated rings. The van der Waals surface area contributed by atoms with Crippen LogP contribution in [0, 0.1) is 30.1 Å². The van der Waals surface area contributed by atoms with Crippen molar-refractivity contribution in [3.05, 3.63) is 29.8 Å². The lowest BCUT2D eigenvalue weighted by Crippen LogP contribution is -2.58. The number of piperazine rings is 1. The number of carbonyl (C=O) groups is 2. The summed E-state index contributed by atoms with van der Waals surface area (Å²) in [5.41, 5.74) is 1.15. The van der Waals surface area contributed by atoms with Crippen molar-refractivity contribution in [1.82, 2.24) is 9.80 Å². The molecule has 4 aliphatic carbocycles. The topological polar surface area (TPSA) is 49.9 Å². The molecule has 0 unspecified atom stereocenters. The number of nitrogens with zero attached hydrogens (tertiary/aromatic N) is 2. The third kappa shape index (κ3) is 4.33. The summed E-state index contributed by atoms with van der Waals surface area (Å²) >= 11 is 0. The Kier molecular flexibility index (Phi) is 5.70. The molecular weight excluding hydrogens is 388 g/mol. The van der Waals surface area contributed by atoms with Crippen molar-refractivity contribution in [3.63, 3.8) is 0 Å². The summed E-state index contributed by atoms with van der Waals surface area (Å²) in [4.78, 5) is 30.1. The van der Waals surface area contributed by atoms with Crippen LogP contribution in [-0.2, 0) is 9.59 Å². The van der Waals surface area contributed by atoms with Crippen molar-refractivity contribution in [2.75, 3.05) is 32.8 Å². The number of rotatable bonds is 6. The minimum Gasteiger partial charge on any atom is -0.494 e. The summed E-state index contributed by atoms with van der Waals surface area (Å²) in [5, 5.41) is 0. The third-order valence-corrected chi connectivity index (χ3v) is 8.24. The van der Waals surface area contributed by atoms with Gasteiger partial charge in [-0.2, -0.15) is 0 Å². The minimum absolute atomic E-state index is 0.0613. The molecule has 2 amide bonds. The van der Waals surface area contributed by atoms with Gasteiger partial charge in [0.25, 0.3) is 0 Å². The molecule has 0 N–H and O–H groups in total. The molecule has 5 heteroatoms. The molecule has 1 aromatic rings. The van der Waals surface area contributed by atoms with Gasteiger partial charge in [-0.3, -0.25) is 9.59 Å². The van der Waals surface area contributed by atoms with Gasteiger partial charge in [0, 0.05) is 32.6 Å². The van der Waals surface area contributed by atoms with Gasteiger partial charge in [-0.05, 0) is 81.8 Å². The van der Waals surface area contributed by atoms with E-state index in [1.165, 1.54) is 24.8 Å². The second kappa shape index (κ2) is 8.48. The first-order valence-corrected chi connectivity index (χ1v) is 12.3. The van der Waals surface area contributed by atoms with E-state index in [1.807, 2.05) is 29.2 Å². The molecule has 0 atom stereocenters. The van der Waals surface area contributed by atoms with Gasteiger partial charge in [0.2, 0.25) is 11.8 Å². The zero-order valence-corrected chi connectivity index (χ0v) is 18.9. The number of amides is 2. The summed E-state index contributed by atoms with van der Waals surface area (Å²) in [6, 6.07) is 8.00. The van der Waals surface area contributed by atoms with E-state index in [4.69, 9.17) is 4.74 Å². The van der Waals surface area contributed by atoms with Crippen LogP contribution in [0.15, 0.2) is 24.3 Å². The highest BCUT2D eigenvalue weighted by Gasteiger charge is 2.55.